The number of aliphatic hydroxyl groups excluding tert-OH is 1. The van der Waals surface area contributed by atoms with E-state index in [1.165, 1.54) is 0 Å². The molecule has 294 valence electrons. The highest BCUT2D eigenvalue weighted by molar-refractivity contribution is 6.31. The fraction of sp³-hybridized carbons (Fsp3) is 0.340. The van der Waals surface area contributed by atoms with Crippen LogP contribution in [0.1, 0.15) is 79.2 Å². The maximum absolute atomic E-state index is 12.5. The molecule has 0 aliphatic carbocycles. The highest BCUT2D eigenvalue weighted by atomic mass is 35.5. The lowest BCUT2D eigenvalue weighted by Crippen LogP contribution is -2.49. The Hall–Kier alpha value is -4.54. The van der Waals surface area contributed by atoms with Crippen LogP contribution in [0.5, 0.6) is 0 Å². The summed E-state index contributed by atoms with van der Waals surface area (Å²) in [7, 11) is 0. The molecular formula is C47H52ClNO7. The molecule has 56 heavy (non-hydrogen) atoms. The van der Waals surface area contributed by atoms with Gasteiger partial charge in [-0.05, 0) is 91.3 Å². The number of aliphatic hydroxyl groups is 1. The van der Waals surface area contributed by atoms with Crippen molar-refractivity contribution >= 4 is 23.4 Å². The SMILES string of the molecule is CC(OCc1ccccc1)C1CC(OCc2ccccc2)[C@@H](OCc2ccccc2)C(c2cc(Cc3cccc(NC(=O)OC(C)(C)C)c3)c(Cl)cc2CO)O1. The van der Waals surface area contributed by atoms with Crippen molar-refractivity contribution in [2.24, 2.45) is 0 Å². The first-order chi connectivity index (χ1) is 27.0. The first kappa shape index (κ1) is 41.1. The molecule has 2 N–H and O–H groups in total. The third-order valence-electron chi connectivity index (χ3n) is 9.67. The van der Waals surface area contributed by atoms with Crippen molar-refractivity contribution < 1.29 is 33.6 Å². The molecule has 1 amide bonds. The summed E-state index contributed by atoms with van der Waals surface area (Å²) in [5.41, 5.74) is 6.29. The highest BCUT2D eigenvalue weighted by Crippen LogP contribution is 2.41. The first-order valence-electron chi connectivity index (χ1n) is 19.2. The van der Waals surface area contributed by atoms with Crippen molar-refractivity contribution in [3.63, 3.8) is 0 Å². The van der Waals surface area contributed by atoms with Crippen LogP contribution >= 0.6 is 11.6 Å². The van der Waals surface area contributed by atoms with E-state index >= 15 is 0 Å². The van der Waals surface area contributed by atoms with E-state index in [-0.39, 0.29) is 24.9 Å². The molecule has 5 aromatic rings. The Kier molecular flexibility index (Phi) is 14.4. The number of rotatable bonds is 15. The van der Waals surface area contributed by atoms with Gasteiger partial charge in [0.15, 0.2) is 0 Å². The minimum atomic E-state index is -0.639. The van der Waals surface area contributed by atoms with Crippen LogP contribution in [-0.4, -0.2) is 41.2 Å². The lowest BCUT2D eigenvalue weighted by atomic mass is 9.87. The van der Waals surface area contributed by atoms with Gasteiger partial charge in [-0.15, -0.1) is 0 Å². The molecule has 1 aliphatic rings. The second-order valence-corrected chi connectivity index (χ2v) is 15.6. The molecule has 1 fully saturated rings. The molecule has 9 heteroatoms. The third-order valence-corrected chi connectivity index (χ3v) is 10.0. The lowest BCUT2D eigenvalue weighted by molar-refractivity contribution is -0.231. The molecule has 0 aromatic heterocycles. The number of halogens is 1. The van der Waals surface area contributed by atoms with Gasteiger partial charge in [0, 0.05) is 17.1 Å². The lowest BCUT2D eigenvalue weighted by Gasteiger charge is -2.44. The topological polar surface area (TPSA) is 95.5 Å². The van der Waals surface area contributed by atoms with Crippen LogP contribution in [0.4, 0.5) is 10.5 Å². The average Bonchev–Trinajstić information content (AvgIpc) is 3.19. The van der Waals surface area contributed by atoms with Crippen molar-refractivity contribution in [2.75, 3.05) is 5.32 Å². The fourth-order valence-electron chi connectivity index (χ4n) is 6.86. The Balaban J connectivity index is 1.34. The zero-order chi connectivity index (χ0) is 39.5. The van der Waals surface area contributed by atoms with Gasteiger partial charge in [0.05, 0.1) is 44.7 Å². The quantitative estimate of drug-likeness (QED) is 0.109. The normalized spacial score (nSPS) is 19.0. The Bertz CT molecular complexity index is 1990. The van der Waals surface area contributed by atoms with Crippen molar-refractivity contribution in [1.82, 2.24) is 0 Å². The number of ether oxygens (including phenoxy) is 5. The second kappa shape index (κ2) is 19.6. The number of hydrogen-bond acceptors (Lipinski definition) is 7. The molecular weight excluding hydrogens is 726 g/mol. The van der Waals surface area contributed by atoms with Crippen LogP contribution in [0.15, 0.2) is 127 Å². The maximum Gasteiger partial charge on any atom is 0.412 e. The largest absolute Gasteiger partial charge is 0.444 e. The van der Waals surface area contributed by atoms with E-state index in [0.717, 1.165) is 33.4 Å². The molecule has 1 aliphatic heterocycles. The van der Waals surface area contributed by atoms with Gasteiger partial charge in [0.25, 0.3) is 0 Å². The van der Waals surface area contributed by atoms with E-state index < -0.39 is 23.9 Å². The summed E-state index contributed by atoms with van der Waals surface area (Å²) >= 11 is 6.95. The summed E-state index contributed by atoms with van der Waals surface area (Å²) < 4.78 is 32.5. The molecule has 0 spiro atoms. The number of hydrogen-bond donors (Lipinski definition) is 2. The number of anilines is 1. The zero-order valence-electron chi connectivity index (χ0n) is 32.5. The van der Waals surface area contributed by atoms with Gasteiger partial charge in [-0.2, -0.15) is 0 Å². The van der Waals surface area contributed by atoms with Crippen LogP contribution < -0.4 is 5.32 Å². The molecule has 5 aromatic carbocycles. The predicted octanol–water partition coefficient (Wildman–Crippen LogP) is 10.4. The Labute approximate surface area is 335 Å². The van der Waals surface area contributed by atoms with Crippen molar-refractivity contribution in [3.05, 3.63) is 171 Å². The number of amides is 1. The van der Waals surface area contributed by atoms with Crippen LogP contribution in [0.2, 0.25) is 5.02 Å². The molecule has 8 nitrogen and oxygen atoms in total. The van der Waals surface area contributed by atoms with Gasteiger partial charge in [-0.25, -0.2) is 4.79 Å². The minimum absolute atomic E-state index is 0.254. The summed E-state index contributed by atoms with van der Waals surface area (Å²) in [6.07, 6.45) is -1.76. The monoisotopic (exact) mass is 777 g/mol. The predicted molar refractivity (Wildman–Crippen MR) is 219 cm³/mol. The smallest absolute Gasteiger partial charge is 0.412 e. The van der Waals surface area contributed by atoms with Crippen molar-refractivity contribution in [1.29, 1.82) is 0 Å². The van der Waals surface area contributed by atoms with Crippen LogP contribution in [0.3, 0.4) is 0 Å². The second-order valence-electron chi connectivity index (χ2n) is 15.2. The van der Waals surface area contributed by atoms with E-state index in [1.54, 1.807) is 0 Å². The molecule has 6 rings (SSSR count). The fourth-order valence-corrected chi connectivity index (χ4v) is 7.11. The van der Waals surface area contributed by atoms with Crippen molar-refractivity contribution in [2.45, 2.75) is 103 Å². The molecule has 5 atom stereocenters. The van der Waals surface area contributed by atoms with Gasteiger partial charge in [-0.1, -0.05) is 121 Å². The average molecular weight is 778 g/mol. The first-order valence-corrected chi connectivity index (χ1v) is 19.6. The number of carbonyl (C=O) groups excluding carboxylic acids is 1. The Morgan fingerprint density at radius 2 is 1.38 bits per heavy atom. The maximum atomic E-state index is 12.5. The summed E-state index contributed by atoms with van der Waals surface area (Å²) in [4.78, 5) is 12.5. The minimum Gasteiger partial charge on any atom is -0.444 e. The molecule has 4 unspecified atom stereocenters. The van der Waals surface area contributed by atoms with Gasteiger partial charge < -0.3 is 28.8 Å². The van der Waals surface area contributed by atoms with E-state index in [9.17, 15) is 9.90 Å². The number of nitrogens with one attached hydrogen (secondary N) is 1. The molecule has 0 bridgehead atoms. The van der Waals surface area contributed by atoms with Gasteiger partial charge in [0.1, 0.15) is 17.8 Å². The summed E-state index contributed by atoms with van der Waals surface area (Å²) in [6, 6.07) is 41.6. The molecule has 1 heterocycles. The van der Waals surface area contributed by atoms with Crippen LogP contribution in [0, 0.1) is 0 Å². The van der Waals surface area contributed by atoms with E-state index in [2.05, 4.69) is 5.32 Å². The van der Waals surface area contributed by atoms with Gasteiger partial charge in [-0.3, -0.25) is 5.32 Å². The van der Waals surface area contributed by atoms with Gasteiger partial charge >= 0.3 is 6.09 Å². The summed E-state index contributed by atoms with van der Waals surface area (Å²) in [6.45, 7) is 8.41. The standard InChI is InChI=1S/C47H52ClNO7/c1-32(52-29-33-15-8-5-9-16-33)42-27-43(53-30-34-17-10-6-11-18-34)45(54-31-35-19-12-7-13-20-35)44(55-42)40-25-37(41(48)26-38(40)28-50)23-36-21-14-22-39(24-36)49-46(51)56-47(2,3)4/h5-22,24-26,32,42-45,50H,23,27-31H2,1-4H3,(H,49,51)/t32?,42?,43?,44?,45-/m1/s1. The Morgan fingerprint density at radius 3 is 1.98 bits per heavy atom. The van der Waals surface area contributed by atoms with E-state index in [4.69, 9.17) is 35.3 Å². The number of benzene rings is 5. The summed E-state index contributed by atoms with van der Waals surface area (Å²) in [5.74, 6) is 0. The van der Waals surface area contributed by atoms with E-state index in [0.29, 0.717) is 48.9 Å². The zero-order valence-corrected chi connectivity index (χ0v) is 33.3. The van der Waals surface area contributed by atoms with Crippen LogP contribution in [-0.2, 0) is 56.5 Å². The molecule has 0 radical (unpaired) electrons. The number of carbonyl (C=O) groups is 1. The highest BCUT2D eigenvalue weighted by Gasteiger charge is 2.44. The van der Waals surface area contributed by atoms with Crippen LogP contribution in [0.25, 0.3) is 0 Å². The third kappa shape index (κ3) is 11.7. The summed E-state index contributed by atoms with van der Waals surface area (Å²) in [5, 5.41) is 14.1. The molecule has 0 saturated carbocycles. The van der Waals surface area contributed by atoms with Gasteiger partial charge in [0.2, 0.25) is 0 Å². The Morgan fingerprint density at radius 1 is 0.786 bits per heavy atom. The molecule has 1 saturated heterocycles. The van der Waals surface area contributed by atoms with Crippen molar-refractivity contribution in [3.8, 4) is 0 Å². The van der Waals surface area contributed by atoms with E-state index in [1.807, 2.05) is 155 Å².